The molecule has 0 aliphatic heterocycles. The van der Waals surface area contributed by atoms with Gasteiger partial charge in [0, 0.05) is 18.0 Å². The van der Waals surface area contributed by atoms with Gasteiger partial charge in [-0.3, -0.25) is 15.1 Å². The molecule has 0 spiro atoms. The summed E-state index contributed by atoms with van der Waals surface area (Å²) in [5.74, 6) is 2.37. The molecule has 2 heterocycles. The predicted octanol–water partition coefficient (Wildman–Crippen LogP) is 3.66. The molecule has 4 rings (SSSR count). The minimum atomic E-state index is -0.286. The Morgan fingerprint density at radius 2 is 1.74 bits per heavy atom. The fourth-order valence-electron chi connectivity index (χ4n) is 3.86. The van der Waals surface area contributed by atoms with Crippen molar-refractivity contribution in [1.82, 2.24) is 24.8 Å². The molecule has 10 nitrogen and oxygen atoms in total. The maximum Gasteiger partial charge on any atom is 0.260 e. The van der Waals surface area contributed by atoms with E-state index in [2.05, 4.69) is 44.0 Å². The highest BCUT2D eigenvalue weighted by atomic mass is 16.5. The number of fused-ring (bicyclic) bond motifs is 2. The summed E-state index contributed by atoms with van der Waals surface area (Å²) in [5, 5.41) is 4.26. The van der Waals surface area contributed by atoms with Gasteiger partial charge < -0.3 is 19.1 Å². The van der Waals surface area contributed by atoms with Gasteiger partial charge in [0.05, 0.1) is 30.8 Å². The smallest absolute Gasteiger partial charge is 0.260 e. The molecule has 0 saturated carbocycles. The Hall–Kier alpha value is -3.92. The summed E-state index contributed by atoms with van der Waals surface area (Å²) < 4.78 is 16.7. The highest BCUT2D eigenvalue weighted by Gasteiger charge is 2.13. The van der Waals surface area contributed by atoms with Crippen LogP contribution in [0.3, 0.4) is 0 Å². The first-order chi connectivity index (χ1) is 16.9. The third-order valence-corrected chi connectivity index (χ3v) is 5.86. The van der Waals surface area contributed by atoms with E-state index in [0.717, 1.165) is 30.7 Å². The van der Waals surface area contributed by atoms with E-state index in [9.17, 15) is 4.79 Å². The van der Waals surface area contributed by atoms with Gasteiger partial charge in [0.2, 0.25) is 11.9 Å². The van der Waals surface area contributed by atoms with Gasteiger partial charge in [-0.1, -0.05) is 13.8 Å². The average Bonchev–Trinajstić information content (AvgIpc) is 2.86. The topological polar surface area (TPSA) is 114 Å². The summed E-state index contributed by atoms with van der Waals surface area (Å²) in [5.41, 5.74) is 1.60. The SMILES string of the molecule is CCN(CC)CCOc1ccc2nc(Nc3nc(C)c4cc(OC)cc(OC)c4n3)[nH]c(=O)c2c1. The van der Waals surface area contributed by atoms with Gasteiger partial charge in [0.1, 0.15) is 29.4 Å². The number of likely N-dealkylation sites (N-methyl/N-ethyl adjacent to an activating group) is 1. The van der Waals surface area contributed by atoms with Crippen molar-refractivity contribution < 1.29 is 14.2 Å². The number of aryl methyl sites for hydroxylation is 1. The van der Waals surface area contributed by atoms with Crippen molar-refractivity contribution in [2.45, 2.75) is 20.8 Å². The van der Waals surface area contributed by atoms with E-state index in [1.165, 1.54) is 0 Å². The van der Waals surface area contributed by atoms with Crippen LogP contribution >= 0.6 is 0 Å². The third kappa shape index (κ3) is 5.27. The Morgan fingerprint density at radius 1 is 0.971 bits per heavy atom. The molecule has 0 saturated heterocycles. The minimum Gasteiger partial charge on any atom is -0.497 e. The highest BCUT2D eigenvalue weighted by molar-refractivity contribution is 5.89. The van der Waals surface area contributed by atoms with Gasteiger partial charge in [-0.2, -0.15) is 0 Å². The number of aromatic amines is 1. The quantitative estimate of drug-likeness (QED) is 0.352. The van der Waals surface area contributed by atoms with E-state index < -0.39 is 0 Å². The summed E-state index contributed by atoms with van der Waals surface area (Å²) >= 11 is 0. The molecule has 0 atom stereocenters. The van der Waals surface area contributed by atoms with Crippen LogP contribution in [0, 0.1) is 6.92 Å². The van der Waals surface area contributed by atoms with Crippen molar-refractivity contribution in [2.75, 3.05) is 45.8 Å². The van der Waals surface area contributed by atoms with E-state index in [4.69, 9.17) is 14.2 Å². The van der Waals surface area contributed by atoms with Crippen molar-refractivity contribution in [1.29, 1.82) is 0 Å². The molecule has 2 aromatic heterocycles. The van der Waals surface area contributed by atoms with E-state index in [-0.39, 0.29) is 17.5 Å². The van der Waals surface area contributed by atoms with Gasteiger partial charge in [-0.15, -0.1) is 0 Å². The Kier molecular flexibility index (Phi) is 7.31. The third-order valence-electron chi connectivity index (χ3n) is 5.86. The van der Waals surface area contributed by atoms with Crippen LogP contribution in [0.5, 0.6) is 17.2 Å². The highest BCUT2D eigenvalue weighted by Crippen LogP contribution is 2.32. The number of nitrogens with zero attached hydrogens (tertiary/aromatic N) is 4. The second-order valence-electron chi connectivity index (χ2n) is 7.95. The van der Waals surface area contributed by atoms with E-state index in [1.54, 1.807) is 32.4 Å². The van der Waals surface area contributed by atoms with Gasteiger partial charge in [-0.05, 0) is 44.3 Å². The molecule has 0 fully saturated rings. The molecule has 0 aliphatic carbocycles. The molecule has 184 valence electrons. The second-order valence-corrected chi connectivity index (χ2v) is 7.95. The van der Waals surface area contributed by atoms with Crippen LogP contribution in [0.1, 0.15) is 19.5 Å². The number of nitrogens with one attached hydrogen (secondary N) is 2. The summed E-state index contributed by atoms with van der Waals surface area (Å²) in [6.45, 7) is 9.42. The van der Waals surface area contributed by atoms with Crippen LogP contribution in [0.2, 0.25) is 0 Å². The number of methoxy groups -OCH3 is 2. The largest absolute Gasteiger partial charge is 0.497 e. The number of ether oxygens (including phenoxy) is 3. The monoisotopic (exact) mass is 478 g/mol. The summed E-state index contributed by atoms with van der Waals surface area (Å²) in [6.07, 6.45) is 0. The van der Waals surface area contributed by atoms with E-state index >= 15 is 0 Å². The summed E-state index contributed by atoms with van der Waals surface area (Å²) in [4.78, 5) is 31.4. The molecular weight excluding hydrogens is 448 g/mol. The molecular formula is C25H30N6O4. The van der Waals surface area contributed by atoms with Gasteiger partial charge in [0.25, 0.3) is 5.56 Å². The van der Waals surface area contributed by atoms with Crippen molar-refractivity contribution in [3.63, 3.8) is 0 Å². The Labute approximate surface area is 203 Å². The molecule has 0 amide bonds. The lowest BCUT2D eigenvalue weighted by molar-refractivity contribution is 0.223. The normalized spacial score (nSPS) is 11.3. The van der Waals surface area contributed by atoms with Crippen LogP contribution in [-0.2, 0) is 0 Å². The first kappa shape index (κ1) is 24.2. The maximum atomic E-state index is 12.8. The molecule has 35 heavy (non-hydrogen) atoms. The Bertz CT molecular complexity index is 1400. The van der Waals surface area contributed by atoms with Crippen LogP contribution in [-0.4, -0.2) is 65.3 Å². The zero-order valence-electron chi connectivity index (χ0n) is 20.6. The molecule has 0 radical (unpaired) electrons. The molecule has 0 unspecified atom stereocenters. The first-order valence-corrected chi connectivity index (χ1v) is 11.5. The number of hydrogen-bond donors (Lipinski definition) is 2. The van der Waals surface area contributed by atoms with Gasteiger partial charge >= 0.3 is 0 Å². The fraction of sp³-hybridized carbons (Fsp3) is 0.360. The van der Waals surface area contributed by atoms with E-state index in [0.29, 0.717) is 40.3 Å². The fourth-order valence-corrected chi connectivity index (χ4v) is 3.86. The molecule has 10 heteroatoms. The summed E-state index contributed by atoms with van der Waals surface area (Å²) in [7, 11) is 3.17. The summed E-state index contributed by atoms with van der Waals surface area (Å²) in [6, 6.07) is 8.91. The predicted molar refractivity (Wildman–Crippen MR) is 136 cm³/mol. The van der Waals surface area contributed by atoms with Crippen molar-refractivity contribution in [2.24, 2.45) is 0 Å². The number of rotatable bonds is 10. The lowest BCUT2D eigenvalue weighted by Crippen LogP contribution is -2.27. The minimum absolute atomic E-state index is 0.240. The van der Waals surface area contributed by atoms with Crippen LogP contribution in [0.25, 0.3) is 21.8 Å². The zero-order chi connectivity index (χ0) is 24.9. The Balaban J connectivity index is 1.59. The zero-order valence-corrected chi connectivity index (χ0v) is 20.6. The molecule has 2 aromatic carbocycles. The standard InChI is InChI=1S/C25H30N6O4/c1-6-31(7-2)10-11-35-16-8-9-20-19(12-16)23(32)29-25(27-20)30-24-26-15(3)18-13-17(33-4)14-21(34-5)22(18)28-24/h8-9,12-14H,6-7,10-11H2,1-5H3,(H2,26,27,28,29,30,32). The second kappa shape index (κ2) is 10.6. The average molecular weight is 479 g/mol. The molecule has 4 aromatic rings. The van der Waals surface area contributed by atoms with Crippen LogP contribution < -0.4 is 25.1 Å². The first-order valence-electron chi connectivity index (χ1n) is 11.5. The van der Waals surface area contributed by atoms with Crippen LogP contribution in [0.4, 0.5) is 11.9 Å². The molecule has 2 N–H and O–H groups in total. The molecule has 0 bridgehead atoms. The maximum absolute atomic E-state index is 12.8. The Morgan fingerprint density at radius 3 is 2.46 bits per heavy atom. The lowest BCUT2D eigenvalue weighted by atomic mass is 10.1. The number of H-pyrrole nitrogens is 1. The van der Waals surface area contributed by atoms with Crippen molar-refractivity contribution in [3.8, 4) is 17.2 Å². The van der Waals surface area contributed by atoms with Crippen molar-refractivity contribution in [3.05, 3.63) is 46.4 Å². The molecule has 0 aliphatic rings. The number of anilines is 2. The number of hydrogen-bond acceptors (Lipinski definition) is 9. The lowest BCUT2D eigenvalue weighted by Gasteiger charge is -2.18. The van der Waals surface area contributed by atoms with Crippen molar-refractivity contribution >= 4 is 33.7 Å². The number of aromatic nitrogens is 4. The van der Waals surface area contributed by atoms with Gasteiger partial charge in [0.15, 0.2) is 0 Å². The van der Waals surface area contributed by atoms with Gasteiger partial charge in [-0.25, -0.2) is 15.0 Å². The van der Waals surface area contributed by atoms with E-state index in [1.807, 2.05) is 19.1 Å². The van der Waals surface area contributed by atoms with Crippen LogP contribution in [0.15, 0.2) is 35.1 Å². The number of benzene rings is 2.